The Morgan fingerprint density at radius 2 is 1.89 bits per heavy atom. The molecule has 1 heterocycles. The van der Waals surface area contributed by atoms with E-state index in [0.29, 0.717) is 22.8 Å². The van der Waals surface area contributed by atoms with Gasteiger partial charge in [0, 0.05) is 11.8 Å². The van der Waals surface area contributed by atoms with Gasteiger partial charge in [-0.05, 0) is 42.8 Å². The van der Waals surface area contributed by atoms with Gasteiger partial charge < -0.3 is 14.6 Å². The zero-order chi connectivity index (χ0) is 13.8. The second-order valence-corrected chi connectivity index (χ2v) is 4.27. The van der Waals surface area contributed by atoms with E-state index >= 15 is 0 Å². The van der Waals surface area contributed by atoms with E-state index in [4.69, 9.17) is 9.47 Å². The van der Waals surface area contributed by atoms with E-state index in [9.17, 15) is 5.11 Å². The van der Waals surface area contributed by atoms with Gasteiger partial charge >= 0.3 is 0 Å². The van der Waals surface area contributed by atoms with Crippen molar-refractivity contribution in [3.05, 3.63) is 53.3 Å². The van der Waals surface area contributed by atoms with Crippen molar-refractivity contribution in [2.75, 3.05) is 14.2 Å². The van der Waals surface area contributed by atoms with E-state index in [2.05, 4.69) is 4.98 Å². The summed E-state index contributed by atoms with van der Waals surface area (Å²) in [7, 11) is 3.16. The summed E-state index contributed by atoms with van der Waals surface area (Å²) in [6.45, 7) is 1.96. The topological polar surface area (TPSA) is 51.6 Å². The van der Waals surface area contributed by atoms with Crippen LogP contribution in [0.25, 0.3) is 0 Å². The quantitative estimate of drug-likeness (QED) is 0.916. The molecule has 0 saturated heterocycles. The van der Waals surface area contributed by atoms with Gasteiger partial charge in [-0.2, -0.15) is 0 Å². The fraction of sp³-hybridized carbons (Fsp3) is 0.267. The van der Waals surface area contributed by atoms with E-state index in [1.807, 2.05) is 19.1 Å². The predicted molar refractivity (Wildman–Crippen MR) is 72.6 cm³/mol. The molecule has 0 amide bonds. The van der Waals surface area contributed by atoms with E-state index in [0.717, 1.165) is 5.56 Å². The van der Waals surface area contributed by atoms with Crippen molar-refractivity contribution in [3.8, 4) is 11.5 Å². The molecule has 19 heavy (non-hydrogen) atoms. The molecule has 1 N–H and O–H groups in total. The van der Waals surface area contributed by atoms with Crippen molar-refractivity contribution in [2.24, 2.45) is 0 Å². The molecule has 1 aromatic carbocycles. The van der Waals surface area contributed by atoms with Gasteiger partial charge in [-0.15, -0.1) is 0 Å². The van der Waals surface area contributed by atoms with E-state index in [-0.39, 0.29) is 0 Å². The summed E-state index contributed by atoms with van der Waals surface area (Å²) < 4.78 is 10.5. The van der Waals surface area contributed by atoms with Crippen LogP contribution in [0.15, 0.2) is 36.5 Å². The lowest BCUT2D eigenvalue weighted by atomic mass is 10.0. The van der Waals surface area contributed by atoms with Gasteiger partial charge in [0.25, 0.3) is 0 Å². The Labute approximate surface area is 112 Å². The molecule has 4 heteroatoms. The average Bonchev–Trinajstić information content (AvgIpc) is 2.45. The first kappa shape index (κ1) is 13.4. The standard InChI is InChI=1S/C15H17NO3/c1-10-6-7-16-13(8-10)15(17)12-9-11(18-2)4-5-14(12)19-3/h4-9,15,17H,1-3H3. The summed E-state index contributed by atoms with van der Waals surface area (Å²) in [5.41, 5.74) is 2.28. The SMILES string of the molecule is COc1ccc(OC)c(C(O)c2cc(C)ccn2)c1. The molecule has 2 rings (SSSR count). The van der Waals surface area contributed by atoms with Crippen molar-refractivity contribution < 1.29 is 14.6 Å². The van der Waals surface area contributed by atoms with E-state index in [1.165, 1.54) is 0 Å². The molecule has 0 radical (unpaired) electrons. The lowest BCUT2D eigenvalue weighted by Crippen LogP contribution is -2.05. The number of pyridine rings is 1. The van der Waals surface area contributed by atoms with Crippen LogP contribution in [0.2, 0.25) is 0 Å². The van der Waals surface area contributed by atoms with Crippen molar-refractivity contribution in [1.82, 2.24) is 4.98 Å². The number of benzene rings is 1. The van der Waals surface area contributed by atoms with Gasteiger partial charge in [-0.3, -0.25) is 4.98 Å². The van der Waals surface area contributed by atoms with Crippen LogP contribution in [0.1, 0.15) is 22.9 Å². The summed E-state index contributed by atoms with van der Waals surface area (Å²) in [5, 5.41) is 10.5. The molecule has 0 aliphatic heterocycles. The van der Waals surface area contributed by atoms with Gasteiger partial charge in [0.2, 0.25) is 0 Å². The molecular formula is C15H17NO3. The van der Waals surface area contributed by atoms with Crippen LogP contribution in [-0.4, -0.2) is 24.3 Å². The van der Waals surface area contributed by atoms with E-state index in [1.54, 1.807) is 38.6 Å². The molecule has 4 nitrogen and oxygen atoms in total. The lowest BCUT2D eigenvalue weighted by Gasteiger charge is -2.15. The minimum atomic E-state index is -0.843. The number of methoxy groups -OCH3 is 2. The Balaban J connectivity index is 2.44. The van der Waals surface area contributed by atoms with Crippen molar-refractivity contribution >= 4 is 0 Å². The van der Waals surface area contributed by atoms with Crippen molar-refractivity contribution in [3.63, 3.8) is 0 Å². The molecule has 0 saturated carbocycles. The maximum Gasteiger partial charge on any atom is 0.125 e. The third-order valence-electron chi connectivity index (χ3n) is 2.95. The number of ether oxygens (including phenoxy) is 2. The first-order valence-corrected chi connectivity index (χ1v) is 5.98. The first-order chi connectivity index (χ1) is 9.15. The number of rotatable bonds is 4. The largest absolute Gasteiger partial charge is 0.497 e. The highest BCUT2D eigenvalue weighted by molar-refractivity contribution is 5.44. The summed E-state index contributed by atoms with van der Waals surface area (Å²) in [6.07, 6.45) is 0.838. The summed E-state index contributed by atoms with van der Waals surface area (Å²) in [6, 6.07) is 9.06. The Morgan fingerprint density at radius 3 is 2.53 bits per heavy atom. The summed E-state index contributed by atoms with van der Waals surface area (Å²) in [4.78, 5) is 4.20. The molecule has 0 aliphatic rings. The fourth-order valence-corrected chi connectivity index (χ4v) is 1.92. The first-order valence-electron chi connectivity index (χ1n) is 5.98. The molecule has 1 atom stereocenters. The zero-order valence-electron chi connectivity index (χ0n) is 11.3. The minimum absolute atomic E-state index is 0.589. The number of hydrogen-bond acceptors (Lipinski definition) is 4. The molecule has 0 aliphatic carbocycles. The Hall–Kier alpha value is -2.07. The molecule has 0 bridgehead atoms. The van der Waals surface area contributed by atoms with Crippen LogP contribution in [-0.2, 0) is 0 Å². The van der Waals surface area contributed by atoms with Crippen molar-refractivity contribution in [1.29, 1.82) is 0 Å². The van der Waals surface area contributed by atoms with Gasteiger partial charge in [0.1, 0.15) is 17.6 Å². The molecule has 1 unspecified atom stereocenters. The molecule has 0 fully saturated rings. The van der Waals surface area contributed by atoms with Gasteiger partial charge in [-0.1, -0.05) is 0 Å². The number of aromatic nitrogens is 1. The van der Waals surface area contributed by atoms with Gasteiger partial charge in [-0.25, -0.2) is 0 Å². The highest BCUT2D eigenvalue weighted by atomic mass is 16.5. The smallest absolute Gasteiger partial charge is 0.125 e. The third-order valence-corrected chi connectivity index (χ3v) is 2.95. The number of aliphatic hydroxyl groups is 1. The zero-order valence-corrected chi connectivity index (χ0v) is 11.3. The Morgan fingerprint density at radius 1 is 1.11 bits per heavy atom. The number of aliphatic hydroxyl groups excluding tert-OH is 1. The maximum atomic E-state index is 10.5. The predicted octanol–water partition coefficient (Wildman–Crippen LogP) is 2.49. The maximum absolute atomic E-state index is 10.5. The van der Waals surface area contributed by atoms with Crippen LogP contribution in [0.5, 0.6) is 11.5 Å². The Bertz CT molecular complexity index is 569. The second kappa shape index (κ2) is 5.71. The van der Waals surface area contributed by atoms with Crippen LogP contribution < -0.4 is 9.47 Å². The highest BCUT2D eigenvalue weighted by Crippen LogP contribution is 2.32. The molecule has 100 valence electrons. The van der Waals surface area contributed by atoms with Crippen molar-refractivity contribution in [2.45, 2.75) is 13.0 Å². The normalized spacial score (nSPS) is 12.0. The Kier molecular flexibility index (Phi) is 4.02. The van der Waals surface area contributed by atoms with Crippen LogP contribution in [0.4, 0.5) is 0 Å². The van der Waals surface area contributed by atoms with E-state index < -0.39 is 6.10 Å². The lowest BCUT2D eigenvalue weighted by molar-refractivity contribution is 0.209. The third kappa shape index (κ3) is 2.85. The molecule has 1 aromatic heterocycles. The monoisotopic (exact) mass is 259 g/mol. The fourth-order valence-electron chi connectivity index (χ4n) is 1.92. The van der Waals surface area contributed by atoms with Gasteiger partial charge in [0.05, 0.1) is 19.9 Å². The second-order valence-electron chi connectivity index (χ2n) is 4.27. The minimum Gasteiger partial charge on any atom is -0.497 e. The van der Waals surface area contributed by atoms with Crippen LogP contribution in [0, 0.1) is 6.92 Å². The van der Waals surface area contributed by atoms with Crippen LogP contribution in [0.3, 0.4) is 0 Å². The number of aryl methyl sites for hydroxylation is 1. The number of hydrogen-bond donors (Lipinski definition) is 1. The average molecular weight is 259 g/mol. The molecular weight excluding hydrogens is 242 g/mol. The summed E-state index contributed by atoms with van der Waals surface area (Å²) >= 11 is 0. The number of nitrogens with zero attached hydrogens (tertiary/aromatic N) is 1. The summed E-state index contributed by atoms with van der Waals surface area (Å²) in [5.74, 6) is 1.28. The van der Waals surface area contributed by atoms with Crippen LogP contribution >= 0.6 is 0 Å². The molecule has 2 aromatic rings. The highest BCUT2D eigenvalue weighted by Gasteiger charge is 2.17. The molecule has 0 spiro atoms. The van der Waals surface area contributed by atoms with Gasteiger partial charge in [0.15, 0.2) is 0 Å².